The average molecular weight is 357 g/mol. The molecule has 0 saturated heterocycles. The van der Waals surface area contributed by atoms with Crippen LogP contribution in [0.3, 0.4) is 0 Å². The lowest BCUT2D eigenvalue weighted by atomic mass is 10.0. The fraction of sp³-hybridized carbons (Fsp3) is 0.267. The largest absolute Gasteiger partial charge is 0.349 e. The van der Waals surface area contributed by atoms with Crippen LogP contribution in [0.4, 0.5) is 14.5 Å². The Morgan fingerprint density at radius 3 is 2.50 bits per heavy atom. The van der Waals surface area contributed by atoms with Gasteiger partial charge in [-0.05, 0) is 17.7 Å². The van der Waals surface area contributed by atoms with Crippen LogP contribution in [0.5, 0.6) is 0 Å². The van der Waals surface area contributed by atoms with Gasteiger partial charge in [0.25, 0.3) is 0 Å². The number of benzene rings is 1. The fourth-order valence-electron chi connectivity index (χ4n) is 2.10. The quantitative estimate of drug-likeness (QED) is 0.834. The zero-order chi connectivity index (χ0) is 17.7. The molecule has 24 heavy (non-hydrogen) atoms. The van der Waals surface area contributed by atoms with Crippen molar-refractivity contribution in [1.82, 2.24) is 15.1 Å². The molecule has 1 atom stereocenters. The summed E-state index contributed by atoms with van der Waals surface area (Å²) in [5.74, 6) is -0.745. The normalized spacial score (nSPS) is 12.0. The van der Waals surface area contributed by atoms with Gasteiger partial charge >= 0.3 is 6.55 Å². The number of hydrogen-bond acceptors (Lipinski definition) is 3. The van der Waals surface area contributed by atoms with E-state index in [9.17, 15) is 18.4 Å². The predicted molar refractivity (Wildman–Crippen MR) is 84.7 cm³/mol. The second-order valence-electron chi connectivity index (χ2n) is 5.04. The lowest BCUT2D eigenvalue weighted by Crippen LogP contribution is -2.29. The van der Waals surface area contributed by atoms with Crippen LogP contribution < -0.4 is 10.6 Å². The van der Waals surface area contributed by atoms with Crippen LogP contribution in [0.25, 0.3) is 0 Å². The minimum atomic E-state index is -2.78. The third-order valence-electron chi connectivity index (χ3n) is 3.12. The topological polar surface area (TPSA) is 76.0 Å². The van der Waals surface area contributed by atoms with E-state index in [0.717, 1.165) is 12.4 Å². The molecule has 128 valence electrons. The molecule has 2 amide bonds. The first-order chi connectivity index (χ1) is 11.3. The molecular weight excluding hydrogens is 342 g/mol. The van der Waals surface area contributed by atoms with Gasteiger partial charge in [-0.25, -0.2) is 4.68 Å². The van der Waals surface area contributed by atoms with Crippen LogP contribution >= 0.6 is 11.6 Å². The summed E-state index contributed by atoms with van der Waals surface area (Å²) in [7, 11) is 0. The predicted octanol–water partition coefficient (Wildman–Crippen LogP) is 3.14. The van der Waals surface area contributed by atoms with E-state index < -0.39 is 18.5 Å². The third-order valence-corrected chi connectivity index (χ3v) is 3.38. The molecule has 0 radical (unpaired) electrons. The van der Waals surface area contributed by atoms with Gasteiger partial charge in [0, 0.05) is 11.9 Å². The molecule has 2 N–H and O–H groups in total. The van der Waals surface area contributed by atoms with Crippen molar-refractivity contribution in [1.29, 1.82) is 0 Å². The zero-order valence-corrected chi connectivity index (χ0v) is 13.4. The molecule has 0 aliphatic carbocycles. The number of alkyl halides is 2. The Morgan fingerprint density at radius 1 is 1.29 bits per heavy atom. The fourth-order valence-corrected chi connectivity index (χ4v) is 2.23. The van der Waals surface area contributed by atoms with Crippen molar-refractivity contribution in [2.75, 3.05) is 5.32 Å². The van der Waals surface area contributed by atoms with E-state index in [1.807, 2.05) is 0 Å². The van der Waals surface area contributed by atoms with Gasteiger partial charge in [-0.15, -0.1) is 0 Å². The van der Waals surface area contributed by atoms with Crippen LogP contribution in [0.15, 0.2) is 36.7 Å². The van der Waals surface area contributed by atoms with Crippen molar-refractivity contribution in [2.24, 2.45) is 0 Å². The second-order valence-corrected chi connectivity index (χ2v) is 5.48. The van der Waals surface area contributed by atoms with Crippen molar-refractivity contribution >= 4 is 29.1 Å². The molecule has 9 heteroatoms. The van der Waals surface area contributed by atoms with Crippen LogP contribution in [0.1, 0.15) is 31.5 Å². The number of halogens is 3. The van der Waals surface area contributed by atoms with E-state index in [4.69, 9.17) is 11.6 Å². The highest BCUT2D eigenvalue weighted by atomic mass is 35.5. The smallest absolute Gasteiger partial charge is 0.333 e. The highest BCUT2D eigenvalue weighted by Gasteiger charge is 2.18. The number of aromatic nitrogens is 2. The van der Waals surface area contributed by atoms with Gasteiger partial charge in [-0.1, -0.05) is 23.7 Å². The molecule has 0 aliphatic heterocycles. The molecular formula is C15H15ClF2N4O2. The number of rotatable bonds is 6. The maximum absolute atomic E-state index is 12.5. The maximum Gasteiger partial charge on any atom is 0.333 e. The molecule has 1 heterocycles. The Morgan fingerprint density at radius 2 is 1.96 bits per heavy atom. The molecule has 2 aromatic rings. The minimum Gasteiger partial charge on any atom is -0.349 e. The lowest BCUT2D eigenvalue weighted by molar-refractivity contribution is -0.120. The van der Waals surface area contributed by atoms with Crippen molar-refractivity contribution in [3.8, 4) is 0 Å². The van der Waals surface area contributed by atoms with E-state index in [1.54, 1.807) is 24.3 Å². The Kier molecular flexibility index (Phi) is 5.86. The van der Waals surface area contributed by atoms with Crippen molar-refractivity contribution < 1.29 is 18.4 Å². The van der Waals surface area contributed by atoms with Gasteiger partial charge < -0.3 is 10.6 Å². The summed E-state index contributed by atoms with van der Waals surface area (Å²) in [6.45, 7) is -1.44. The Labute approximate surface area is 141 Å². The van der Waals surface area contributed by atoms with Crippen LogP contribution in [0, 0.1) is 0 Å². The first-order valence-corrected chi connectivity index (χ1v) is 7.37. The van der Waals surface area contributed by atoms with Crippen molar-refractivity contribution in [3.05, 3.63) is 47.2 Å². The monoisotopic (exact) mass is 356 g/mol. The van der Waals surface area contributed by atoms with E-state index in [-0.39, 0.29) is 18.0 Å². The second kappa shape index (κ2) is 7.87. The molecule has 2 rings (SSSR count). The Bertz CT molecular complexity index is 719. The van der Waals surface area contributed by atoms with Crippen molar-refractivity contribution in [3.63, 3.8) is 0 Å². The zero-order valence-electron chi connectivity index (χ0n) is 12.7. The van der Waals surface area contributed by atoms with Crippen molar-refractivity contribution in [2.45, 2.75) is 25.9 Å². The number of anilines is 1. The molecule has 1 aromatic carbocycles. The summed E-state index contributed by atoms with van der Waals surface area (Å²) < 4.78 is 25.3. The van der Waals surface area contributed by atoms with Gasteiger partial charge in [0.15, 0.2) is 0 Å². The Balaban J connectivity index is 2.06. The van der Waals surface area contributed by atoms with Gasteiger partial charge in [-0.3, -0.25) is 9.59 Å². The molecule has 0 spiro atoms. The standard InChI is InChI=1S/C15H15ClF2N4O2/c1-9(23)20-13(10-2-4-11(16)5-3-10)6-14(24)21-12-7-19-22(8-12)15(17)18/h2-5,7-8,13,15H,6H2,1H3,(H,20,23)(H,21,24)/t13-/m0/s1. The lowest BCUT2D eigenvalue weighted by Gasteiger charge is -2.18. The van der Waals surface area contributed by atoms with Gasteiger partial charge in [-0.2, -0.15) is 13.9 Å². The average Bonchev–Trinajstić information content (AvgIpc) is 2.95. The molecule has 0 aliphatic rings. The highest BCUT2D eigenvalue weighted by molar-refractivity contribution is 6.30. The molecule has 0 fully saturated rings. The van der Waals surface area contributed by atoms with Gasteiger partial charge in [0.05, 0.1) is 30.5 Å². The third kappa shape index (κ3) is 5.02. The first kappa shape index (κ1) is 17.9. The molecule has 6 nitrogen and oxygen atoms in total. The van der Waals surface area contributed by atoms with Crippen LogP contribution in [-0.4, -0.2) is 21.6 Å². The number of carbonyl (C=O) groups excluding carboxylic acids is 2. The number of nitrogens with one attached hydrogen (secondary N) is 2. The number of nitrogens with zero attached hydrogens (tertiary/aromatic N) is 2. The summed E-state index contributed by atoms with van der Waals surface area (Å²) in [6.07, 6.45) is 2.08. The number of carbonyl (C=O) groups is 2. The highest BCUT2D eigenvalue weighted by Crippen LogP contribution is 2.21. The summed E-state index contributed by atoms with van der Waals surface area (Å²) in [5, 5.41) is 9.10. The molecule has 0 saturated carbocycles. The van der Waals surface area contributed by atoms with Crippen LogP contribution in [-0.2, 0) is 9.59 Å². The molecule has 0 bridgehead atoms. The SMILES string of the molecule is CC(=O)N[C@@H](CC(=O)Nc1cnn(C(F)F)c1)c1ccc(Cl)cc1. The summed E-state index contributed by atoms with van der Waals surface area (Å²) in [6, 6.07) is 6.13. The summed E-state index contributed by atoms with van der Waals surface area (Å²) >= 11 is 5.83. The maximum atomic E-state index is 12.5. The van der Waals surface area contributed by atoms with E-state index in [0.29, 0.717) is 15.3 Å². The minimum absolute atomic E-state index is 0.0684. The number of amides is 2. The van der Waals surface area contributed by atoms with Gasteiger partial charge in [0.2, 0.25) is 11.8 Å². The Hall–Kier alpha value is -2.48. The van der Waals surface area contributed by atoms with Gasteiger partial charge in [0.1, 0.15) is 0 Å². The first-order valence-electron chi connectivity index (χ1n) is 7.00. The van der Waals surface area contributed by atoms with E-state index >= 15 is 0 Å². The molecule has 0 unspecified atom stereocenters. The van der Waals surface area contributed by atoms with E-state index in [1.165, 1.54) is 6.92 Å². The summed E-state index contributed by atoms with van der Waals surface area (Å²) in [4.78, 5) is 23.5. The number of hydrogen-bond donors (Lipinski definition) is 2. The van der Waals surface area contributed by atoms with E-state index in [2.05, 4.69) is 15.7 Å². The molecule has 1 aromatic heterocycles. The van der Waals surface area contributed by atoms with Crippen LogP contribution in [0.2, 0.25) is 5.02 Å². The summed E-state index contributed by atoms with van der Waals surface area (Å²) in [5.41, 5.74) is 0.853.